The van der Waals surface area contributed by atoms with E-state index in [4.69, 9.17) is 14.2 Å². The summed E-state index contributed by atoms with van der Waals surface area (Å²) in [4.78, 5) is 4.18. The predicted molar refractivity (Wildman–Crippen MR) is 60.0 cm³/mol. The summed E-state index contributed by atoms with van der Waals surface area (Å²) >= 11 is 0. The van der Waals surface area contributed by atoms with Crippen molar-refractivity contribution in [1.82, 2.24) is 4.98 Å². The van der Waals surface area contributed by atoms with Crippen LogP contribution in [0.15, 0.2) is 12.3 Å². The van der Waals surface area contributed by atoms with Crippen LogP contribution in [0.5, 0.6) is 11.6 Å². The molecule has 1 aliphatic rings. The molecule has 2 rings (SSSR count). The number of nitrogens with zero attached hydrogens (tertiary/aromatic N) is 1. The number of aryl methyl sites for hydroxylation is 1. The van der Waals surface area contributed by atoms with Crippen LogP contribution in [0.1, 0.15) is 18.4 Å². The van der Waals surface area contributed by atoms with Gasteiger partial charge in [0, 0.05) is 19.0 Å². The number of aromatic nitrogens is 1. The molecule has 4 heteroatoms. The largest absolute Gasteiger partial charge is 0.485 e. The molecule has 0 unspecified atom stereocenters. The lowest BCUT2D eigenvalue weighted by Gasteiger charge is -2.23. The summed E-state index contributed by atoms with van der Waals surface area (Å²) in [5.74, 6) is 1.28. The van der Waals surface area contributed by atoms with Crippen molar-refractivity contribution < 1.29 is 14.2 Å². The molecule has 1 saturated heterocycles. The van der Waals surface area contributed by atoms with E-state index < -0.39 is 0 Å². The van der Waals surface area contributed by atoms with E-state index in [0.29, 0.717) is 5.88 Å². The molecule has 0 aromatic carbocycles. The topological polar surface area (TPSA) is 40.6 Å². The van der Waals surface area contributed by atoms with Crippen molar-refractivity contribution in [1.29, 1.82) is 0 Å². The Hall–Kier alpha value is -1.29. The minimum absolute atomic E-state index is 0.214. The van der Waals surface area contributed by atoms with Crippen LogP contribution in [-0.2, 0) is 4.74 Å². The van der Waals surface area contributed by atoms with E-state index in [1.54, 1.807) is 13.3 Å². The molecule has 0 amide bonds. The number of rotatable bonds is 3. The van der Waals surface area contributed by atoms with Gasteiger partial charge in [-0.1, -0.05) is 0 Å². The summed E-state index contributed by atoms with van der Waals surface area (Å²) in [6.45, 7) is 3.53. The fourth-order valence-electron chi connectivity index (χ4n) is 1.74. The second-order valence-electron chi connectivity index (χ2n) is 3.95. The normalized spacial score (nSPS) is 17.1. The van der Waals surface area contributed by atoms with Gasteiger partial charge in [0.05, 0.1) is 20.3 Å². The standard InChI is InChI=1S/C12H17NO3/c1-9-7-11(12(14-2)13-8-9)16-10-3-5-15-6-4-10/h7-8,10H,3-6H2,1-2H3. The molecule has 16 heavy (non-hydrogen) atoms. The van der Waals surface area contributed by atoms with E-state index >= 15 is 0 Å². The summed E-state index contributed by atoms with van der Waals surface area (Å²) in [7, 11) is 1.61. The van der Waals surface area contributed by atoms with E-state index in [1.807, 2.05) is 13.0 Å². The van der Waals surface area contributed by atoms with Crippen molar-refractivity contribution in [3.8, 4) is 11.6 Å². The molecular formula is C12H17NO3. The second-order valence-corrected chi connectivity index (χ2v) is 3.95. The van der Waals surface area contributed by atoms with Gasteiger partial charge >= 0.3 is 0 Å². The molecule has 1 aromatic heterocycles. The van der Waals surface area contributed by atoms with Crippen LogP contribution in [0.25, 0.3) is 0 Å². The minimum Gasteiger partial charge on any atom is -0.485 e. The Labute approximate surface area is 95.5 Å². The maximum absolute atomic E-state index is 5.89. The van der Waals surface area contributed by atoms with E-state index in [2.05, 4.69) is 4.98 Å². The highest BCUT2D eigenvalue weighted by atomic mass is 16.5. The Morgan fingerprint density at radius 3 is 2.81 bits per heavy atom. The number of methoxy groups -OCH3 is 1. The number of ether oxygens (including phenoxy) is 3. The first-order valence-corrected chi connectivity index (χ1v) is 5.54. The average Bonchev–Trinajstić information content (AvgIpc) is 2.31. The molecule has 0 radical (unpaired) electrons. The zero-order chi connectivity index (χ0) is 11.4. The monoisotopic (exact) mass is 223 g/mol. The van der Waals surface area contributed by atoms with Gasteiger partial charge in [0.1, 0.15) is 6.10 Å². The van der Waals surface area contributed by atoms with Crippen molar-refractivity contribution in [2.24, 2.45) is 0 Å². The Morgan fingerprint density at radius 2 is 2.12 bits per heavy atom. The Morgan fingerprint density at radius 1 is 1.38 bits per heavy atom. The summed E-state index contributed by atoms with van der Waals surface area (Å²) in [5.41, 5.74) is 1.07. The highest BCUT2D eigenvalue weighted by molar-refractivity contribution is 5.36. The lowest BCUT2D eigenvalue weighted by molar-refractivity contribution is 0.0242. The van der Waals surface area contributed by atoms with Crippen molar-refractivity contribution in [3.05, 3.63) is 17.8 Å². The maximum Gasteiger partial charge on any atom is 0.256 e. The van der Waals surface area contributed by atoms with Gasteiger partial charge in [-0.05, 0) is 18.6 Å². The molecule has 0 saturated carbocycles. The molecule has 0 atom stereocenters. The SMILES string of the molecule is COc1ncc(C)cc1OC1CCOCC1. The molecule has 1 aromatic rings. The third-order valence-corrected chi connectivity index (χ3v) is 2.61. The molecule has 0 N–H and O–H groups in total. The van der Waals surface area contributed by atoms with Crippen molar-refractivity contribution >= 4 is 0 Å². The summed E-state index contributed by atoms with van der Waals surface area (Å²) in [6, 6.07) is 1.96. The lowest BCUT2D eigenvalue weighted by Crippen LogP contribution is -2.26. The van der Waals surface area contributed by atoms with E-state index in [1.165, 1.54) is 0 Å². The highest BCUT2D eigenvalue weighted by Crippen LogP contribution is 2.27. The quantitative estimate of drug-likeness (QED) is 0.785. The van der Waals surface area contributed by atoms with Crippen LogP contribution < -0.4 is 9.47 Å². The Kier molecular flexibility index (Phi) is 3.62. The van der Waals surface area contributed by atoms with Crippen molar-refractivity contribution in [3.63, 3.8) is 0 Å². The Bertz CT molecular complexity index is 348. The van der Waals surface area contributed by atoms with Crippen LogP contribution in [0, 0.1) is 6.92 Å². The molecule has 2 heterocycles. The van der Waals surface area contributed by atoms with Crippen molar-refractivity contribution in [2.75, 3.05) is 20.3 Å². The molecule has 0 spiro atoms. The van der Waals surface area contributed by atoms with E-state index in [-0.39, 0.29) is 6.10 Å². The van der Waals surface area contributed by atoms with Gasteiger partial charge < -0.3 is 14.2 Å². The predicted octanol–water partition coefficient (Wildman–Crippen LogP) is 1.96. The average molecular weight is 223 g/mol. The second kappa shape index (κ2) is 5.16. The summed E-state index contributed by atoms with van der Waals surface area (Å²) in [6.07, 6.45) is 3.84. The van der Waals surface area contributed by atoms with Crippen LogP contribution >= 0.6 is 0 Å². The molecule has 0 bridgehead atoms. The smallest absolute Gasteiger partial charge is 0.256 e. The first-order chi connectivity index (χ1) is 7.79. The Balaban J connectivity index is 2.09. The lowest BCUT2D eigenvalue weighted by atomic mass is 10.1. The fourth-order valence-corrected chi connectivity index (χ4v) is 1.74. The third-order valence-electron chi connectivity index (χ3n) is 2.61. The molecule has 88 valence electrons. The van der Waals surface area contributed by atoms with Crippen LogP contribution in [-0.4, -0.2) is 31.4 Å². The van der Waals surface area contributed by atoms with E-state index in [9.17, 15) is 0 Å². The highest BCUT2D eigenvalue weighted by Gasteiger charge is 2.17. The number of hydrogen-bond acceptors (Lipinski definition) is 4. The molecule has 1 aliphatic heterocycles. The van der Waals surface area contributed by atoms with Gasteiger partial charge in [0.15, 0.2) is 5.75 Å². The zero-order valence-corrected chi connectivity index (χ0v) is 9.73. The summed E-state index contributed by atoms with van der Waals surface area (Å²) in [5, 5.41) is 0. The van der Waals surface area contributed by atoms with Gasteiger partial charge in [-0.15, -0.1) is 0 Å². The van der Waals surface area contributed by atoms with Gasteiger partial charge in [-0.3, -0.25) is 0 Å². The van der Waals surface area contributed by atoms with Crippen LogP contribution in [0.3, 0.4) is 0 Å². The third kappa shape index (κ3) is 2.64. The first kappa shape index (κ1) is 11.2. The minimum atomic E-state index is 0.214. The van der Waals surface area contributed by atoms with Crippen LogP contribution in [0.4, 0.5) is 0 Å². The van der Waals surface area contributed by atoms with Gasteiger partial charge in [-0.2, -0.15) is 0 Å². The number of hydrogen-bond donors (Lipinski definition) is 0. The summed E-state index contributed by atoms with van der Waals surface area (Å²) < 4.78 is 16.4. The van der Waals surface area contributed by atoms with Gasteiger partial charge in [0.2, 0.25) is 0 Å². The molecule has 0 aliphatic carbocycles. The fraction of sp³-hybridized carbons (Fsp3) is 0.583. The number of pyridine rings is 1. The van der Waals surface area contributed by atoms with Gasteiger partial charge in [-0.25, -0.2) is 4.98 Å². The van der Waals surface area contributed by atoms with E-state index in [0.717, 1.165) is 37.4 Å². The maximum atomic E-state index is 5.89. The first-order valence-electron chi connectivity index (χ1n) is 5.54. The van der Waals surface area contributed by atoms with Crippen molar-refractivity contribution in [2.45, 2.75) is 25.9 Å². The zero-order valence-electron chi connectivity index (χ0n) is 9.73. The van der Waals surface area contributed by atoms with Crippen LogP contribution in [0.2, 0.25) is 0 Å². The van der Waals surface area contributed by atoms with Gasteiger partial charge in [0.25, 0.3) is 5.88 Å². The molecular weight excluding hydrogens is 206 g/mol. The molecule has 4 nitrogen and oxygen atoms in total. The molecule has 1 fully saturated rings.